The Kier molecular flexibility index (Phi) is 4.91. The Labute approximate surface area is 132 Å². The van der Waals surface area contributed by atoms with Crippen molar-refractivity contribution in [1.82, 2.24) is 5.32 Å². The first-order valence-electron chi connectivity index (χ1n) is 6.61. The van der Waals surface area contributed by atoms with Crippen molar-refractivity contribution in [2.75, 3.05) is 0 Å². The third-order valence-electron chi connectivity index (χ3n) is 3.54. The first kappa shape index (κ1) is 15.9. The molecule has 6 heteroatoms. The highest BCUT2D eigenvalue weighted by atomic mass is 35.5. The lowest BCUT2D eigenvalue weighted by atomic mass is 9.98. The Hall–Kier alpha value is -1.52. The van der Waals surface area contributed by atoms with Crippen LogP contribution in [0.1, 0.15) is 31.2 Å². The van der Waals surface area contributed by atoms with Crippen molar-refractivity contribution in [3.63, 3.8) is 0 Å². The van der Waals surface area contributed by atoms with E-state index in [4.69, 9.17) is 23.2 Å². The molecule has 1 aliphatic rings. The van der Waals surface area contributed by atoms with E-state index in [0.717, 1.165) is 12.8 Å². The summed E-state index contributed by atoms with van der Waals surface area (Å²) in [5, 5.41) is 12.8. The van der Waals surface area contributed by atoms with Crippen LogP contribution in [0.4, 0.5) is 0 Å². The highest BCUT2D eigenvalue weighted by Gasteiger charge is 2.42. The fourth-order valence-corrected chi connectivity index (χ4v) is 3.03. The SMILES string of the molecule is O=C(/C=C/c1cc(Cl)cc(Cl)c1)NC1(C(=O)O)CCCC1. The molecule has 0 radical (unpaired) electrons. The molecule has 0 unspecified atom stereocenters. The number of aliphatic carboxylic acids is 1. The predicted octanol–water partition coefficient (Wildman–Crippen LogP) is 3.52. The van der Waals surface area contributed by atoms with Crippen molar-refractivity contribution in [1.29, 1.82) is 0 Å². The number of benzene rings is 1. The molecule has 0 heterocycles. The first-order chi connectivity index (χ1) is 9.91. The molecule has 0 spiro atoms. The summed E-state index contributed by atoms with van der Waals surface area (Å²) in [5.41, 5.74) is -0.452. The molecule has 1 aromatic rings. The van der Waals surface area contributed by atoms with Gasteiger partial charge in [0, 0.05) is 16.1 Å². The van der Waals surface area contributed by atoms with Gasteiger partial charge in [-0.1, -0.05) is 36.0 Å². The molecule has 0 bridgehead atoms. The van der Waals surface area contributed by atoms with Crippen LogP contribution < -0.4 is 5.32 Å². The van der Waals surface area contributed by atoms with Crippen molar-refractivity contribution in [3.8, 4) is 0 Å². The number of halogens is 2. The van der Waals surface area contributed by atoms with Gasteiger partial charge in [-0.05, 0) is 42.7 Å². The van der Waals surface area contributed by atoms with E-state index in [-0.39, 0.29) is 0 Å². The molecule has 112 valence electrons. The van der Waals surface area contributed by atoms with Crippen LogP contribution in [0.5, 0.6) is 0 Å². The summed E-state index contributed by atoms with van der Waals surface area (Å²) in [6, 6.07) is 4.93. The van der Waals surface area contributed by atoms with E-state index < -0.39 is 17.4 Å². The Balaban J connectivity index is 2.07. The Bertz CT molecular complexity index is 572. The van der Waals surface area contributed by atoms with Crippen molar-refractivity contribution < 1.29 is 14.7 Å². The van der Waals surface area contributed by atoms with Gasteiger partial charge in [0.25, 0.3) is 0 Å². The Morgan fingerprint density at radius 1 is 1.14 bits per heavy atom. The van der Waals surface area contributed by atoms with Gasteiger partial charge in [-0.2, -0.15) is 0 Å². The highest BCUT2D eigenvalue weighted by Crippen LogP contribution is 2.30. The molecule has 1 aromatic carbocycles. The van der Waals surface area contributed by atoms with Gasteiger partial charge < -0.3 is 10.4 Å². The Morgan fingerprint density at radius 2 is 1.71 bits per heavy atom. The average molecular weight is 328 g/mol. The number of hydrogen-bond donors (Lipinski definition) is 2. The molecule has 0 saturated heterocycles. The number of carboxylic acids is 1. The van der Waals surface area contributed by atoms with E-state index in [2.05, 4.69) is 5.32 Å². The number of rotatable bonds is 4. The van der Waals surface area contributed by atoms with E-state index in [9.17, 15) is 14.7 Å². The van der Waals surface area contributed by atoms with Crippen LogP contribution in [0.25, 0.3) is 6.08 Å². The predicted molar refractivity (Wildman–Crippen MR) is 82.5 cm³/mol. The van der Waals surface area contributed by atoms with Crippen LogP contribution in [0.3, 0.4) is 0 Å². The molecule has 21 heavy (non-hydrogen) atoms. The molecule has 2 rings (SSSR count). The second-order valence-corrected chi connectivity index (χ2v) is 5.99. The van der Waals surface area contributed by atoms with Crippen LogP contribution in [0.15, 0.2) is 24.3 Å². The zero-order chi connectivity index (χ0) is 15.5. The van der Waals surface area contributed by atoms with Gasteiger partial charge in [0.15, 0.2) is 0 Å². The zero-order valence-electron chi connectivity index (χ0n) is 11.2. The largest absolute Gasteiger partial charge is 0.480 e. The van der Waals surface area contributed by atoms with E-state index in [1.54, 1.807) is 24.3 Å². The number of hydrogen-bond acceptors (Lipinski definition) is 2. The van der Waals surface area contributed by atoms with Gasteiger partial charge in [0.2, 0.25) is 5.91 Å². The summed E-state index contributed by atoms with van der Waals surface area (Å²) >= 11 is 11.7. The lowest BCUT2D eigenvalue weighted by Crippen LogP contribution is -2.52. The lowest BCUT2D eigenvalue weighted by Gasteiger charge is -2.24. The van der Waals surface area contributed by atoms with Gasteiger partial charge >= 0.3 is 5.97 Å². The summed E-state index contributed by atoms with van der Waals surface area (Å²) in [6.45, 7) is 0. The smallest absolute Gasteiger partial charge is 0.329 e. The third kappa shape index (κ3) is 3.99. The van der Waals surface area contributed by atoms with Crippen LogP contribution >= 0.6 is 23.2 Å². The lowest BCUT2D eigenvalue weighted by molar-refractivity contribution is -0.146. The van der Waals surface area contributed by atoms with Crippen molar-refractivity contribution in [2.24, 2.45) is 0 Å². The van der Waals surface area contributed by atoms with Crippen molar-refractivity contribution in [2.45, 2.75) is 31.2 Å². The molecule has 2 N–H and O–H groups in total. The standard InChI is InChI=1S/C15H15Cl2NO3/c16-11-7-10(8-12(17)9-11)3-4-13(19)18-15(14(20)21)5-1-2-6-15/h3-4,7-9H,1-2,5-6H2,(H,18,19)(H,20,21)/b4-3+. The van der Waals surface area contributed by atoms with Crippen LogP contribution in [0.2, 0.25) is 10.0 Å². The van der Waals surface area contributed by atoms with Gasteiger partial charge in [-0.25, -0.2) is 4.79 Å². The normalized spacial score (nSPS) is 17.0. The van der Waals surface area contributed by atoms with Crippen LogP contribution in [-0.2, 0) is 9.59 Å². The molecular weight excluding hydrogens is 313 g/mol. The van der Waals surface area contributed by atoms with Crippen LogP contribution in [-0.4, -0.2) is 22.5 Å². The minimum absolute atomic E-state index is 0.435. The molecule has 0 aromatic heterocycles. The second-order valence-electron chi connectivity index (χ2n) is 5.12. The first-order valence-corrected chi connectivity index (χ1v) is 7.37. The van der Waals surface area contributed by atoms with E-state index in [0.29, 0.717) is 28.5 Å². The number of nitrogens with one attached hydrogen (secondary N) is 1. The van der Waals surface area contributed by atoms with E-state index in [1.165, 1.54) is 6.08 Å². The average Bonchev–Trinajstić information content (AvgIpc) is 2.85. The summed E-state index contributed by atoms with van der Waals surface area (Å²) in [6.07, 6.45) is 5.39. The number of carbonyl (C=O) groups excluding carboxylic acids is 1. The van der Waals surface area contributed by atoms with Gasteiger partial charge in [0.05, 0.1) is 0 Å². The van der Waals surface area contributed by atoms with Gasteiger partial charge in [-0.3, -0.25) is 4.79 Å². The molecule has 0 atom stereocenters. The summed E-state index contributed by atoms with van der Waals surface area (Å²) in [7, 11) is 0. The molecule has 1 saturated carbocycles. The van der Waals surface area contributed by atoms with Gasteiger partial charge in [-0.15, -0.1) is 0 Å². The maximum absolute atomic E-state index is 11.9. The minimum Gasteiger partial charge on any atom is -0.480 e. The summed E-state index contributed by atoms with van der Waals surface area (Å²) in [4.78, 5) is 23.3. The zero-order valence-corrected chi connectivity index (χ0v) is 12.7. The van der Waals surface area contributed by atoms with Gasteiger partial charge in [0.1, 0.15) is 5.54 Å². The molecule has 4 nitrogen and oxygen atoms in total. The Morgan fingerprint density at radius 3 is 2.24 bits per heavy atom. The molecule has 1 fully saturated rings. The third-order valence-corrected chi connectivity index (χ3v) is 3.98. The van der Waals surface area contributed by atoms with E-state index in [1.807, 2.05) is 0 Å². The number of carboxylic acid groups (broad SMARTS) is 1. The fraction of sp³-hybridized carbons (Fsp3) is 0.333. The van der Waals surface area contributed by atoms with E-state index >= 15 is 0 Å². The molecular formula is C15H15Cl2NO3. The van der Waals surface area contributed by atoms with Crippen molar-refractivity contribution >= 4 is 41.2 Å². The molecule has 1 aliphatic carbocycles. The monoisotopic (exact) mass is 327 g/mol. The number of carbonyl (C=O) groups is 2. The maximum Gasteiger partial charge on any atom is 0.329 e. The fourth-order valence-electron chi connectivity index (χ4n) is 2.49. The van der Waals surface area contributed by atoms with Crippen LogP contribution in [0, 0.1) is 0 Å². The highest BCUT2D eigenvalue weighted by molar-refractivity contribution is 6.34. The summed E-state index contributed by atoms with van der Waals surface area (Å²) < 4.78 is 0. The number of amides is 1. The minimum atomic E-state index is -1.13. The van der Waals surface area contributed by atoms with Crippen molar-refractivity contribution in [3.05, 3.63) is 39.9 Å². The molecule has 1 amide bonds. The maximum atomic E-state index is 11.9. The topological polar surface area (TPSA) is 66.4 Å². The quantitative estimate of drug-likeness (QED) is 0.831. The summed E-state index contributed by atoms with van der Waals surface area (Å²) in [5.74, 6) is -1.41. The molecule has 0 aliphatic heterocycles. The second kappa shape index (κ2) is 6.50.